The van der Waals surface area contributed by atoms with Crippen LogP contribution in [0.4, 0.5) is 68.2 Å². The first kappa shape index (κ1) is 52.3. The Balaban J connectivity index is 0.941. The maximum atomic E-state index is 5.54. The summed E-state index contributed by atoms with van der Waals surface area (Å²) in [6.07, 6.45) is 0. The first-order valence-electron chi connectivity index (χ1n) is 28.8. The maximum Gasteiger partial charge on any atom is 0.199 e. The van der Waals surface area contributed by atoms with Gasteiger partial charge >= 0.3 is 0 Å². The highest BCUT2D eigenvalue weighted by atomic mass is 15.2. The van der Waals surface area contributed by atoms with Crippen molar-refractivity contribution >= 4 is 79.5 Å². The highest BCUT2D eigenvalue weighted by Crippen LogP contribution is 2.43. The molecule has 0 saturated carbocycles. The summed E-state index contributed by atoms with van der Waals surface area (Å²) in [5.74, 6) is 0. The van der Waals surface area contributed by atoms with E-state index in [-0.39, 0.29) is 0 Å². The Morgan fingerprint density at radius 3 is 0.407 bits per heavy atom. The number of benzene rings is 12. The quantitative estimate of drug-likeness (QED) is 0.0948. The molecular formula is C78H56N8. The van der Waals surface area contributed by atoms with Gasteiger partial charge in [-0.25, -0.2) is 19.9 Å². The van der Waals surface area contributed by atoms with Gasteiger partial charge in [-0.05, 0) is 146 Å². The fourth-order valence-electron chi connectivity index (χ4n) is 11.2. The molecular weight excluding hydrogens is 1050 g/mol. The fraction of sp³-hybridized carbons (Fsp3) is 0. The summed E-state index contributed by atoms with van der Waals surface area (Å²) in [5.41, 5.74) is 19.5. The van der Waals surface area contributed by atoms with Crippen LogP contribution in [-0.4, -0.2) is 19.9 Å². The molecule has 0 spiro atoms. The molecule has 2 heterocycles. The molecule has 0 radical (unpaired) electrons. The minimum Gasteiger partial charge on any atom is -0.311 e. The molecule has 14 aromatic rings. The molecule has 0 fully saturated rings. The van der Waals surface area contributed by atoms with Crippen LogP contribution < -0.4 is 19.6 Å². The number of hydrogen-bond donors (Lipinski definition) is 0. The first-order chi connectivity index (χ1) is 42.7. The zero-order chi connectivity index (χ0) is 57.4. The van der Waals surface area contributed by atoms with E-state index in [1.807, 2.05) is 48.5 Å². The molecule has 0 aliphatic heterocycles. The zero-order valence-corrected chi connectivity index (χ0v) is 46.9. The van der Waals surface area contributed by atoms with E-state index in [0.29, 0.717) is 34.1 Å². The van der Waals surface area contributed by atoms with Crippen molar-refractivity contribution in [2.24, 2.45) is 0 Å². The van der Waals surface area contributed by atoms with E-state index in [1.54, 1.807) is 0 Å². The van der Waals surface area contributed by atoms with Gasteiger partial charge in [0.15, 0.2) is 11.3 Å². The minimum absolute atomic E-state index is 0.424. The van der Waals surface area contributed by atoms with Crippen molar-refractivity contribution in [1.82, 2.24) is 19.9 Å². The highest BCUT2D eigenvalue weighted by Gasteiger charge is 2.23. The van der Waals surface area contributed by atoms with Crippen LogP contribution >= 0.6 is 0 Å². The minimum atomic E-state index is 0.424. The largest absolute Gasteiger partial charge is 0.311 e. The molecule has 12 aromatic carbocycles. The lowest BCUT2D eigenvalue weighted by atomic mass is 10.0. The predicted octanol–water partition coefficient (Wildman–Crippen LogP) is 21.0. The van der Waals surface area contributed by atoms with Gasteiger partial charge in [-0.3, -0.25) is 0 Å². The van der Waals surface area contributed by atoms with Crippen LogP contribution in [0.25, 0.3) is 56.3 Å². The summed E-state index contributed by atoms with van der Waals surface area (Å²) < 4.78 is 0. The summed E-state index contributed by atoms with van der Waals surface area (Å²) in [6, 6.07) is 118. The van der Waals surface area contributed by atoms with Crippen LogP contribution in [0.3, 0.4) is 0 Å². The molecule has 0 unspecified atom stereocenters. The molecule has 2 aromatic heterocycles. The number of fused-ring (bicyclic) bond motifs is 1. The van der Waals surface area contributed by atoms with E-state index >= 15 is 0 Å². The second-order valence-electron chi connectivity index (χ2n) is 20.7. The Morgan fingerprint density at radius 1 is 0.140 bits per heavy atom. The van der Waals surface area contributed by atoms with E-state index in [4.69, 9.17) is 19.9 Å². The smallest absolute Gasteiger partial charge is 0.199 e. The third-order valence-electron chi connectivity index (χ3n) is 15.2. The number of hydrogen-bond acceptors (Lipinski definition) is 8. The van der Waals surface area contributed by atoms with Crippen LogP contribution in [0.2, 0.25) is 0 Å². The molecule has 0 amide bonds. The summed E-state index contributed by atoms with van der Waals surface area (Å²) >= 11 is 0. The fourth-order valence-corrected chi connectivity index (χ4v) is 11.2. The molecule has 8 nitrogen and oxygen atoms in total. The topological polar surface area (TPSA) is 64.5 Å². The third-order valence-corrected chi connectivity index (χ3v) is 15.2. The van der Waals surface area contributed by atoms with Crippen molar-refractivity contribution in [3.63, 3.8) is 0 Å². The third kappa shape index (κ3) is 10.8. The van der Waals surface area contributed by atoms with E-state index in [0.717, 1.165) is 90.5 Å². The van der Waals surface area contributed by atoms with E-state index in [2.05, 4.69) is 311 Å². The lowest BCUT2D eigenvalue weighted by molar-refractivity contribution is 1.17. The number of anilines is 12. The van der Waals surface area contributed by atoms with Crippen molar-refractivity contribution in [1.29, 1.82) is 0 Å². The molecule has 0 aliphatic carbocycles. The van der Waals surface area contributed by atoms with Gasteiger partial charge in [0.25, 0.3) is 0 Å². The average Bonchev–Trinajstić information content (AvgIpc) is 1.41. The van der Waals surface area contributed by atoms with Crippen LogP contribution in [0.15, 0.2) is 340 Å². The molecule has 0 N–H and O–H groups in total. The lowest BCUT2D eigenvalue weighted by Gasteiger charge is -2.26. The van der Waals surface area contributed by atoms with Gasteiger partial charge < -0.3 is 19.6 Å². The van der Waals surface area contributed by atoms with Crippen molar-refractivity contribution in [3.05, 3.63) is 340 Å². The summed E-state index contributed by atoms with van der Waals surface area (Å²) in [4.78, 5) is 31.2. The monoisotopic (exact) mass is 1100 g/mol. The standard InChI is InChI=1S/C78H56N8/c1-9-25-61(26-10-1)83(62-27-11-2-12-28-62)69-49-41-57(42-50-69)73-74(58-43-51-70(52-44-58)84(63-29-13-3-14-30-63)64-31-15-4-16-32-64)80-78-77(79-73)81-75(59-45-53-71(54-46-59)85(65-33-17-5-18-34-65)66-35-19-6-20-36-66)76(82-78)60-47-55-72(56-48-60)86(67-37-21-7-22-38-67)68-39-23-8-24-40-68/h1-56H. The Hall–Kier alpha value is -11.7. The second kappa shape index (κ2) is 24.0. The molecule has 0 saturated heterocycles. The Kier molecular flexibility index (Phi) is 14.6. The van der Waals surface area contributed by atoms with E-state index < -0.39 is 0 Å². The second-order valence-corrected chi connectivity index (χ2v) is 20.7. The Morgan fingerprint density at radius 2 is 0.267 bits per heavy atom. The van der Waals surface area contributed by atoms with Crippen LogP contribution in [0.1, 0.15) is 0 Å². The van der Waals surface area contributed by atoms with Crippen molar-refractivity contribution < 1.29 is 0 Å². The number of nitrogens with zero attached hydrogens (tertiary/aromatic N) is 8. The van der Waals surface area contributed by atoms with Gasteiger partial charge in [-0.1, -0.05) is 194 Å². The molecule has 0 aliphatic rings. The van der Waals surface area contributed by atoms with Gasteiger partial charge in [-0.15, -0.1) is 0 Å². The Bertz CT molecular complexity index is 3760. The predicted molar refractivity (Wildman–Crippen MR) is 356 cm³/mol. The molecule has 8 heteroatoms. The maximum absolute atomic E-state index is 5.54. The van der Waals surface area contributed by atoms with Crippen LogP contribution in [-0.2, 0) is 0 Å². The molecule has 86 heavy (non-hydrogen) atoms. The van der Waals surface area contributed by atoms with Crippen molar-refractivity contribution in [2.75, 3.05) is 19.6 Å². The first-order valence-corrected chi connectivity index (χ1v) is 28.8. The van der Waals surface area contributed by atoms with Gasteiger partial charge in [-0.2, -0.15) is 0 Å². The van der Waals surface area contributed by atoms with E-state index in [1.165, 1.54) is 0 Å². The molecule has 14 rings (SSSR count). The van der Waals surface area contributed by atoms with Gasteiger partial charge in [0.1, 0.15) is 0 Å². The van der Waals surface area contributed by atoms with E-state index in [9.17, 15) is 0 Å². The highest BCUT2D eigenvalue weighted by molar-refractivity contribution is 5.91. The summed E-state index contributed by atoms with van der Waals surface area (Å²) in [5, 5.41) is 0. The van der Waals surface area contributed by atoms with Crippen molar-refractivity contribution in [3.8, 4) is 45.0 Å². The number of rotatable bonds is 16. The van der Waals surface area contributed by atoms with Gasteiger partial charge in [0.2, 0.25) is 0 Å². The average molecular weight is 1110 g/mol. The Labute approximate surface area is 501 Å². The zero-order valence-electron chi connectivity index (χ0n) is 46.9. The van der Waals surface area contributed by atoms with Crippen molar-refractivity contribution in [2.45, 2.75) is 0 Å². The molecule has 0 atom stereocenters. The number of para-hydroxylation sites is 8. The SMILES string of the molecule is c1ccc(N(c2ccccc2)c2ccc(-c3nc4nc(-c5ccc(N(c6ccccc6)c6ccccc6)cc5)c(-c5ccc(N(c6ccccc6)c6ccccc6)cc5)nc4nc3-c3ccc(N(c4ccccc4)c4ccccc4)cc3)cc2)cc1. The summed E-state index contributed by atoms with van der Waals surface area (Å²) in [7, 11) is 0. The molecule has 408 valence electrons. The lowest BCUT2D eigenvalue weighted by Crippen LogP contribution is -2.10. The normalized spacial score (nSPS) is 11.0. The molecule has 0 bridgehead atoms. The van der Waals surface area contributed by atoms with Crippen LogP contribution in [0, 0.1) is 0 Å². The number of aromatic nitrogens is 4. The summed E-state index contributed by atoms with van der Waals surface area (Å²) in [6.45, 7) is 0. The van der Waals surface area contributed by atoms with Gasteiger partial charge in [0, 0.05) is 90.5 Å². The van der Waals surface area contributed by atoms with Crippen LogP contribution in [0.5, 0.6) is 0 Å². The van der Waals surface area contributed by atoms with Gasteiger partial charge in [0.05, 0.1) is 22.8 Å².